The number of carbonyl (C=O) groups is 1. The van der Waals surface area contributed by atoms with Gasteiger partial charge in [-0.05, 0) is 25.5 Å². The first kappa shape index (κ1) is 11.6. The Morgan fingerprint density at radius 3 is 2.88 bits per heavy atom. The molecule has 2 heterocycles. The monoisotopic (exact) mass is 234 g/mol. The van der Waals surface area contributed by atoms with Crippen LogP contribution >= 0.6 is 0 Å². The summed E-state index contributed by atoms with van der Waals surface area (Å²) in [5.74, 6) is -0.988. The van der Waals surface area contributed by atoms with Crippen LogP contribution in [0.25, 0.3) is 5.52 Å². The van der Waals surface area contributed by atoms with E-state index in [1.807, 2.05) is 26.1 Å². The summed E-state index contributed by atoms with van der Waals surface area (Å²) in [6.45, 7) is 3.76. The molecule has 2 aromatic heterocycles. The Bertz CT molecular complexity index is 574. The Kier molecular flexibility index (Phi) is 2.85. The molecule has 90 valence electrons. The van der Waals surface area contributed by atoms with E-state index in [2.05, 4.69) is 5.10 Å². The predicted octanol–water partition coefficient (Wildman–Crippen LogP) is 2.05. The number of hydrogen-bond donors (Lipinski definition) is 1. The van der Waals surface area contributed by atoms with Gasteiger partial charge in [-0.1, -0.05) is 0 Å². The van der Waals surface area contributed by atoms with Gasteiger partial charge >= 0.3 is 5.97 Å². The van der Waals surface area contributed by atoms with Crippen molar-refractivity contribution in [3.63, 3.8) is 0 Å². The summed E-state index contributed by atoms with van der Waals surface area (Å²) in [5, 5.41) is 13.3. The zero-order valence-corrected chi connectivity index (χ0v) is 9.97. The number of aryl methyl sites for hydroxylation is 1. The van der Waals surface area contributed by atoms with Gasteiger partial charge in [-0.2, -0.15) is 5.10 Å². The summed E-state index contributed by atoms with van der Waals surface area (Å²) in [4.78, 5) is 11.2. The largest absolute Gasteiger partial charge is 0.478 e. The zero-order valence-electron chi connectivity index (χ0n) is 9.97. The molecule has 0 aliphatic heterocycles. The van der Waals surface area contributed by atoms with E-state index in [-0.39, 0.29) is 11.7 Å². The predicted molar refractivity (Wildman–Crippen MR) is 62.3 cm³/mol. The van der Waals surface area contributed by atoms with Crippen molar-refractivity contribution >= 4 is 11.5 Å². The molecule has 0 aliphatic rings. The van der Waals surface area contributed by atoms with Crippen molar-refractivity contribution in [3.8, 4) is 0 Å². The van der Waals surface area contributed by atoms with Crippen LogP contribution in [0.1, 0.15) is 34.5 Å². The molecule has 1 N–H and O–H groups in total. The fraction of sp³-hybridized carbons (Fsp3) is 0.333. The highest BCUT2D eigenvalue weighted by atomic mass is 16.5. The fourth-order valence-electron chi connectivity index (χ4n) is 1.92. The summed E-state index contributed by atoms with van der Waals surface area (Å²) >= 11 is 0. The highest BCUT2D eigenvalue weighted by Crippen LogP contribution is 2.26. The molecule has 17 heavy (non-hydrogen) atoms. The molecule has 2 aromatic rings. The van der Waals surface area contributed by atoms with E-state index >= 15 is 0 Å². The minimum atomic E-state index is -0.988. The van der Waals surface area contributed by atoms with E-state index in [1.54, 1.807) is 11.6 Å². The molecule has 0 bridgehead atoms. The number of ether oxygens (including phenoxy) is 1. The van der Waals surface area contributed by atoms with E-state index in [0.29, 0.717) is 5.56 Å². The van der Waals surface area contributed by atoms with Crippen molar-refractivity contribution in [3.05, 3.63) is 35.2 Å². The molecule has 0 aliphatic carbocycles. The lowest BCUT2D eigenvalue weighted by Crippen LogP contribution is -2.10. The molecular weight excluding hydrogens is 220 g/mol. The second kappa shape index (κ2) is 4.18. The van der Waals surface area contributed by atoms with Crippen molar-refractivity contribution in [1.29, 1.82) is 0 Å². The maximum absolute atomic E-state index is 11.2. The van der Waals surface area contributed by atoms with Crippen LogP contribution in [-0.2, 0) is 4.74 Å². The third-order valence-corrected chi connectivity index (χ3v) is 2.80. The molecule has 0 aromatic carbocycles. The molecule has 1 atom stereocenters. The van der Waals surface area contributed by atoms with Crippen LogP contribution in [0.15, 0.2) is 18.5 Å². The smallest absolute Gasteiger partial charge is 0.337 e. The molecule has 0 fully saturated rings. The van der Waals surface area contributed by atoms with Gasteiger partial charge in [-0.3, -0.25) is 0 Å². The average molecular weight is 234 g/mol. The van der Waals surface area contributed by atoms with Crippen LogP contribution in [-0.4, -0.2) is 27.8 Å². The number of carboxylic acids is 1. The summed E-state index contributed by atoms with van der Waals surface area (Å²) in [6.07, 6.45) is 2.92. The molecular formula is C12H14N2O3. The van der Waals surface area contributed by atoms with Crippen LogP contribution in [0.5, 0.6) is 0 Å². The zero-order chi connectivity index (χ0) is 12.6. The van der Waals surface area contributed by atoms with Crippen LogP contribution in [0.4, 0.5) is 0 Å². The van der Waals surface area contributed by atoms with Crippen LogP contribution < -0.4 is 0 Å². The van der Waals surface area contributed by atoms with Gasteiger partial charge in [0.05, 0.1) is 23.4 Å². The Morgan fingerprint density at radius 2 is 2.29 bits per heavy atom. The Morgan fingerprint density at radius 1 is 1.59 bits per heavy atom. The van der Waals surface area contributed by atoms with Gasteiger partial charge < -0.3 is 9.84 Å². The number of hydrogen-bond acceptors (Lipinski definition) is 3. The maximum Gasteiger partial charge on any atom is 0.337 e. The van der Waals surface area contributed by atoms with Crippen molar-refractivity contribution in [2.75, 3.05) is 7.11 Å². The van der Waals surface area contributed by atoms with Gasteiger partial charge in [0.1, 0.15) is 0 Å². The first-order chi connectivity index (χ1) is 8.04. The third kappa shape index (κ3) is 1.89. The number of aromatic nitrogens is 2. The first-order valence-electron chi connectivity index (χ1n) is 5.28. The normalized spacial score (nSPS) is 12.9. The lowest BCUT2D eigenvalue weighted by Gasteiger charge is -2.14. The van der Waals surface area contributed by atoms with Gasteiger partial charge in [0.2, 0.25) is 0 Å². The van der Waals surface area contributed by atoms with Gasteiger partial charge in [0, 0.05) is 18.9 Å². The van der Waals surface area contributed by atoms with E-state index in [9.17, 15) is 9.90 Å². The van der Waals surface area contributed by atoms with Gasteiger partial charge in [-0.15, -0.1) is 0 Å². The maximum atomic E-state index is 11.2. The van der Waals surface area contributed by atoms with Crippen molar-refractivity contribution < 1.29 is 14.6 Å². The Labute approximate surface area is 98.6 Å². The fourth-order valence-corrected chi connectivity index (χ4v) is 1.92. The van der Waals surface area contributed by atoms with E-state index in [1.165, 1.54) is 6.20 Å². The number of carboxylic acid groups (broad SMARTS) is 1. The number of nitrogens with zero attached hydrogens (tertiary/aromatic N) is 2. The van der Waals surface area contributed by atoms with E-state index in [0.717, 1.165) is 11.1 Å². The minimum absolute atomic E-state index is 0.185. The molecule has 0 saturated carbocycles. The number of fused-ring (bicyclic) bond motifs is 1. The van der Waals surface area contributed by atoms with E-state index in [4.69, 9.17) is 4.74 Å². The summed E-state index contributed by atoms with van der Waals surface area (Å²) in [7, 11) is 1.56. The van der Waals surface area contributed by atoms with Crippen LogP contribution in [0.2, 0.25) is 0 Å². The number of rotatable bonds is 3. The quantitative estimate of drug-likeness (QED) is 0.882. The highest BCUT2D eigenvalue weighted by Gasteiger charge is 2.20. The summed E-state index contributed by atoms with van der Waals surface area (Å²) in [6, 6.07) is 1.91. The van der Waals surface area contributed by atoms with Crippen molar-refractivity contribution in [1.82, 2.24) is 9.61 Å². The van der Waals surface area contributed by atoms with E-state index < -0.39 is 5.97 Å². The Balaban J connectivity index is 2.78. The molecule has 0 unspecified atom stereocenters. The lowest BCUT2D eigenvalue weighted by atomic mass is 10.0. The molecule has 2 rings (SSSR count). The van der Waals surface area contributed by atoms with Crippen LogP contribution in [0, 0.1) is 6.92 Å². The summed E-state index contributed by atoms with van der Waals surface area (Å²) < 4.78 is 6.91. The molecule has 5 heteroatoms. The molecule has 0 spiro atoms. The highest BCUT2D eigenvalue weighted by molar-refractivity contribution is 5.91. The molecule has 5 nitrogen and oxygen atoms in total. The standard InChI is InChI=1S/C12H14N2O3/c1-7-4-10-11(8(2)17-3)9(12(15)16)5-13-14(10)6-7/h4-6,8H,1-3H3,(H,15,16)/t8-/m0/s1. The van der Waals surface area contributed by atoms with Gasteiger partial charge in [-0.25, -0.2) is 9.31 Å². The van der Waals surface area contributed by atoms with Gasteiger partial charge in [0.15, 0.2) is 0 Å². The van der Waals surface area contributed by atoms with Crippen molar-refractivity contribution in [2.24, 2.45) is 0 Å². The molecule has 0 saturated heterocycles. The number of methoxy groups -OCH3 is 1. The average Bonchev–Trinajstić information content (AvgIpc) is 2.66. The second-order valence-corrected chi connectivity index (χ2v) is 4.00. The Hall–Kier alpha value is -1.88. The lowest BCUT2D eigenvalue weighted by molar-refractivity contribution is 0.0683. The van der Waals surface area contributed by atoms with Gasteiger partial charge in [0.25, 0.3) is 0 Å². The third-order valence-electron chi connectivity index (χ3n) is 2.80. The van der Waals surface area contributed by atoms with Crippen molar-refractivity contribution in [2.45, 2.75) is 20.0 Å². The minimum Gasteiger partial charge on any atom is -0.478 e. The topological polar surface area (TPSA) is 63.8 Å². The summed E-state index contributed by atoms with van der Waals surface area (Å²) in [5.41, 5.74) is 2.65. The first-order valence-corrected chi connectivity index (χ1v) is 5.28. The molecule has 0 radical (unpaired) electrons. The second-order valence-electron chi connectivity index (χ2n) is 4.00. The SMILES string of the molecule is CO[C@@H](C)c1c(C(=O)O)cnn2cc(C)cc12. The number of aromatic carboxylic acids is 1. The molecule has 0 amide bonds. The van der Waals surface area contributed by atoms with Crippen LogP contribution in [0.3, 0.4) is 0 Å².